The molecule has 0 spiro atoms. The minimum Gasteiger partial charge on any atom is -0.430 e. The Kier molecular flexibility index (Phi) is 2.51. The predicted molar refractivity (Wildman–Crippen MR) is 57.3 cm³/mol. The molecule has 1 aromatic rings. The summed E-state index contributed by atoms with van der Waals surface area (Å²) in [6, 6.07) is 10.5. The highest BCUT2D eigenvalue weighted by Gasteiger charge is 2.10. The van der Waals surface area contributed by atoms with E-state index in [1.165, 1.54) is 5.56 Å². The molecular formula is C11H12BN. The van der Waals surface area contributed by atoms with Crippen molar-refractivity contribution >= 4 is 6.85 Å². The molecule has 1 N–H and O–H groups in total. The molecular weight excluding hydrogens is 157 g/mol. The van der Waals surface area contributed by atoms with E-state index >= 15 is 0 Å². The zero-order valence-electron chi connectivity index (χ0n) is 7.48. The summed E-state index contributed by atoms with van der Waals surface area (Å²) < 4.78 is 0. The maximum atomic E-state index is 3.30. The van der Waals surface area contributed by atoms with Gasteiger partial charge in [0, 0.05) is 0 Å². The molecule has 13 heavy (non-hydrogen) atoms. The van der Waals surface area contributed by atoms with Gasteiger partial charge in [-0.3, -0.25) is 0 Å². The lowest BCUT2D eigenvalue weighted by Gasteiger charge is -2.11. The van der Waals surface area contributed by atoms with Gasteiger partial charge in [0.1, 0.15) is 0 Å². The van der Waals surface area contributed by atoms with E-state index in [-0.39, 0.29) is 0 Å². The highest BCUT2D eigenvalue weighted by atomic mass is 14.7. The zero-order chi connectivity index (χ0) is 8.93. The summed E-state index contributed by atoms with van der Waals surface area (Å²) in [6.45, 7) is 0.451. The molecule has 1 aliphatic rings. The molecule has 0 bridgehead atoms. The van der Waals surface area contributed by atoms with Gasteiger partial charge in [0.15, 0.2) is 0 Å². The molecule has 0 saturated heterocycles. The van der Waals surface area contributed by atoms with Crippen molar-refractivity contribution in [1.82, 2.24) is 5.23 Å². The number of nitrogens with one attached hydrogen (secondary N) is 1. The third-order valence-electron chi connectivity index (χ3n) is 2.16. The Morgan fingerprint density at radius 1 is 1.08 bits per heavy atom. The topological polar surface area (TPSA) is 12.0 Å². The summed E-state index contributed by atoms with van der Waals surface area (Å²) in [5, 5.41) is 3.30. The minimum atomic E-state index is 0.451. The van der Waals surface area contributed by atoms with Gasteiger partial charge in [0.2, 0.25) is 0 Å². The van der Waals surface area contributed by atoms with Gasteiger partial charge < -0.3 is 5.23 Å². The van der Waals surface area contributed by atoms with E-state index in [9.17, 15) is 0 Å². The molecule has 1 nitrogen and oxygen atoms in total. The summed E-state index contributed by atoms with van der Waals surface area (Å²) in [5.74, 6) is 2.19. The van der Waals surface area contributed by atoms with Gasteiger partial charge in [0.05, 0.1) is 0 Å². The van der Waals surface area contributed by atoms with Crippen molar-refractivity contribution in [2.24, 2.45) is 0 Å². The molecule has 2 rings (SSSR count). The van der Waals surface area contributed by atoms with E-state index < -0.39 is 0 Å². The maximum Gasteiger partial charge on any atom is 0.282 e. The van der Waals surface area contributed by atoms with E-state index in [1.807, 2.05) is 18.3 Å². The molecule has 0 atom stereocenters. The second kappa shape index (κ2) is 3.99. The SMILES string of the molecule is C1=CNB(Cc2ccccc2)C=C1. The van der Waals surface area contributed by atoms with E-state index in [4.69, 9.17) is 0 Å². The summed E-state index contributed by atoms with van der Waals surface area (Å²) in [5.41, 5.74) is 1.37. The average molecular weight is 169 g/mol. The van der Waals surface area contributed by atoms with Crippen LogP contribution in [-0.4, -0.2) is 6.85 Å². The lowest BCUT2D eigenvalue weighted by Crippen LogP contribution is -2.31. The molecule has 0 unspecified atom stereocenters. The second-order valence-electron chi connectivity index (χ2n) is 3.21. The van der Waals surface area contributed by atoms with Crippen LogP contribution in [0.15, 0.2) is 54.7 Å². The van der Waals surface area contributed by atoms with Crippen molar-refractivity contribution in [1.29, 1.82) is 0 Å². The molecule has 0 fully saturated rings. The summed E-state index contributed by atoms with van der Waals surface area (Å²) in [7, 11) is 0. The zero-order valence-corrected chi connectivity index (χ0v) is 7.48. The Morgan fingerprint density at radius 2 is 1.92 bits per heavy atom. The predicted octanol–water partition coefficient (Wildman–Crippen LogP) is 1.97. The summed E-state index contributed by atoms with van der Waals surface area (Å²) in [4.78, 5) is 0. The molecule has 1 aromatic carbocycles. The van der Waals surface area contributed by atoms with Crippen molar-refractivity contribution in [2.45, 2.75) is 6.32 Å². The van der Waals surface area contributed by atoms with E-state index in [0.717, 1.165) is 6.32 Å². The Hall–Kier alpha value is -1.44. The monoisotopic (exact) mass is 169 g/mol. The summed E-state index contributed by atoms with van der Waals surface area (Å²) in [6.07, 6.45) is 7.15. The lowest BCUT2D eigenvalue weighted by molar-refractivity contribution is 1.23. The normalized spacial score (nSPS) is 14.3. The largest absolute Gasteiger partial charge is 0.430 e. The molecule has 0 aromatic heterocycles. The van der Waals surface area contributed by atoms with Crippen LogP contribution in [0, 0.1) is 0 Å². The lowest BCUT2D eigenvalue weighted by atomic mass is 9.57. The van der Waals surface area contributed by atoms with Crippen LogP contribution in [0.2, 0.25) is 0 Å². The first-order valence-corrected chi connectivity index (χ1v) is 4.58. The van der Waals surface area contributed by atoms with Gasteiger partial charge in [-0.05, 0) is 18.6 Å². The standard InChI is InChI=1S/C11H12BN/c1-2-6-11(7-3-1)10-12-8-4-5-9-13-12/h1-9,13H,10H2. The smallest absolute Gasteiger partial charge is 0.282 e. The number of allylic oxidation sites excluding steroid dienone is 2. The van der Waals surface area contributed by atoms with E-state index in [0.29, 0.717) is 6.85 Å². The van der Waals surface area contributed by atoms with Crippen LogP contribution in [-0.2, 0) is 6.32 Å². The Morgan fingerprint density at radius 3 is 2.62 bits per heavy atom. The Bertz CT molecular complexity index is 316. The van der Waals surface area contributed by atoms with Gasteiger partial charge in [-0.25, -0.2) is 0 Å². The highest BCUT2D eigenvalue weighted by Crippen LogP contribution is 2.03. The molecule has 64 valence electrons. The number of benzene rings is 1. The third-order valence-corrected chi connectivity index (χ3v) is 2.16. The Balaban J connectivity index is 1.99. The van der Waals surface area contributed by atoms with Crippen LogP contribution in [0.25, 0.3) is 0 Å². The molecule has 0 radical (unpaired) electrons. The third kappa shape index (κ3) is 2.25. The quantitative estimate of drug-likeness (QED) is 0.667. The first-order chi connectivity index (χ1) is 6.45. The van der Waals surface area contributed by atoms with Crippen LogP contribution in [0.4, 0.5) is 0 Å². The average Bonchev–Trinajstić information content (AvgIpc) is 2.21. The van der Waals surface area contributed by atoms with Crippen molar-refractivity contribution in [2.75, 3.05) is 0 Å². The van der Waals surface area contributed by atoms with Gasteiger partial charge in [-0.2, -0.15) is 0 Å². The first kappa shape index (κ1) is 8.18. The van der Waals surface area contributed by atoms with Gasteiger partial charge in [0.25, 0.3) is 6.85 Å². The van der Waals surface area contributed by atoms with Crippen molar-refractivity contribution in [3.8, 4) is 0 Å². The van der Waals surface area contributed by atoms with Crippen LogP contribution in [0.5, 0.6) is 0 Å². The fourth-order valence-corrected chi connectivity index (χ4v) is 1.48. The van der Waals surface area contributed by atoms with Gasteiger partial charge in [-0.15, -0.1) is 0 Å². The van der Waals surface area contributed by atoms with Crippen molar-refractivity contribution < 1.29 is 0 Å². The van der Waals surface area contributed by atoms with E-state index in [1.54, 1.807) is 0 Å². The van der Waals surface area contributed by atoms with Gasteiger partial charge >= 0.3 is 0 Å². The van der Waals surface area contributed by atoms with Crippen LogP contribution >= 0.6 is 0 Å². The number of hydrogen-bond acceptors (Lipinski definition) is 1. The molecule has 0 saturated carbocycles. The molecule has 1 heterocycles. The fraction of sp³-hybridized carbons (Fsp3) is 0.0909. The van der Waals surface area contributed by atoms with Crippen LogP contribution in [0.1, 0.15) is 5.56 Å². The second-order valence-corrected chi connectivity index (χ2v) is 3.21. The van der Waals surface area contributed by atoms with Gasteiger partial charge in [-0.1, -0.05) is 47.9 Å². The molecule has 0 aliphatic carbocycles. The first-order valence-electron chi connectivity index (χ1n) is 4.58. The van der Waals surface area contributed by atoms with Crippen LogP contribution < -0.4 is 5.23 Å². The van der Waals surface area contributed by atoms with Crippen molar-refractivity contribution in [3.63, 3.8) is 0 Å². The van der Waals surface area contributed by atoms with Crippen LogP contribution in [0.3, 0.4) is 0 Å². The molecule has 1 aliphatic heterocycles. The maximum absolute atomic E-state index is 3.30. The number of hydrogen-bond donors (Lipinski definition) is 1. The highest BCUT2D eigenvalue weighted by molar-refractivity contribution is 6.61. The van der Waals surface area contributed by atoms with Crippen molar-refractivity contribution in [3.05, 3.63) is 60.2 Å². The fourth-order valence-electron chi connectivity index (χ4n) is 1.48. The number of rotatable bonds is 2. The van der Waals surface area contributed by atoms with E-state index in [2.05, 4.69) is 41.5 Å². The molecule has 0 amide bonds. The summed E-state index contributed by atoms with van der Waals surface area (Å²) >= 11 is 0. The Labute approximate surface area is 79.3 Å². The molecule has 2 heteroatoms. The minimum absolute atomic E-state index is 0.451.